The molecular formula is C24H30N2S. The van der Waals surface area contributed by atoms with Crippen LogP contribution in [0.4, 0.5) is 0 Å². The molecule has 1 unspecified atom stereocenters. The van der Waals surface area contributed by atoms with E-state index in [-0.39, 0.29) is 6.04 Å². The molecule has 1 aromatic heterocycles. The molecule has 0 fully saturated rings. The summed E-state index contributed by atoms with van der Waals surface area (Å²) in [7, 11) is 0. The first-order valence-corrected chi connectivity index (χ1v) is 11.0. The van der Waals surface area contributed by atoms with Crippen molar-refractivity contribution in [2.45, 2.75) is 52.0 Å². The van der Waals surface area contributed by atoms with Crippen molar-refractivity contribution in [3.8, 4) is 10.6 Å². The number of nitrogens with one attached hydrogen (secondary N) is 1. The highest BCUT2D eigenvalue weighted by atomic mass is 32.1. The summed E-state index contributed by atoms with van der Waals surface area (Å²) in [6.45, 7) is 5.49. The van der Waals surface area contributed by atoms with Gasteiger partial charge in [-0.2, -0.15) is 0 Å². The third kappa shape index (κ3) is 5.50. The van der Waals surface area contributed by atoms with Crippen molar-refractivity contribution >= 4 is 11.3 Å². The van der Waals surface area contributed by atoms with Crippen molar-refractivity contribution in [1.82, 2.24) is 10.3 Å². The molecule has 0 aliphatic heterocycles. The van der Waals surface area contributed by atoms with Gasteiger partial charge in [0.1, 0.15) is 5.01 Å². The van der Waals surface area contributed by atoms with Crippen molar-refractivity contribution in [1.29, 1.82) is 0 Å². The monoisotopic (exact) mass is 378 g/mol. The van der Waals surface area contributed by atoms with Gasteiger partial charge >= 0.3 is 0 Å². The van der Waals surface area contributed by atoms with Crippen LogP contribution in [0.25, 0.3) is 10.6 Å². The Labute approximate surface area is 167 Å². The Kier molecular flexibility index (Phi) is 7.61. The second kappa shape index (κ2) is 10.4. The summed E-state index contributed by atoms with van der Waals surface area (Å²) in [6.07, 6.45) is 6.04. The average Bonchev–Trinajstić information content (AvgIpc) is 3.21. The number of thiazole rings is 1. The maximum Gasteiger partial charge on any atom is 0.123 e. The summed E-state index contributed by atoms with van der Waals surface area (Å²) in [5.41, 5.74) is 5.04. The van der Waals surface area contributed by atoms with Gasteiger partial charge in [-0.15, -0.1) is 11.3 Å². The maximum atomic E-state index is 4.96. The first-order chi connectivity index (χ1) is 13.3. The van der Waals surface area contributed by atoms with Crippen LogP contribution >= 0.6 is 11.3 Å². The molecule has 0 saturated heterocycles. The molecule has 1 heterocycles. The molecule has 0 aliphatic carbocycles. The fourth-order valence-electron chi connectivity index (χ4n) is 3.21. The number of unbranched alkanes of at least 4 members (excludes halogenated alkanes) is 2. The zero-order valence-electron chi connectivity index (χ0n) is 16.4. The van der Waals surface area contributed by atoms with Gasteiger partial charge in [0.2, 0.25) is 0 Å². The van der Waals surface area contributed by atoms with E-state index in [4.69, 9.17) is 4.98 Å². The smallest absolute Gasteiger partial charge is 0.123 e. The second-order valence-electron chi connectivity index (χ2n) is 7.03. The summed E-state index contributed by atoms with van der Waals surface area (Å²) in [5.74, 6) is 0. The van der Waals surface area contributed by atoms with Crippen molar-refractivity contribution in [3.05, 3.63) is 76.8 Å². The van der Waals surface area contributed by atoms with Gasteiger partial charge < -0.3 is 5.32 Å². The van der Waals surface area contributed by atoms with E-state index < -0.39 is 0 Å². The minimum atomic E-state index is 0.158. The Hall–Kier alpha value is -1.97. The summed E-state index contributed by atoms with van der Waals surface area (Å²) >= 11 is 1.73. The zero-order valence-corrected chi connectivity index (χ0v) is 17.3. The largest absolute Gasteiger partial charge is 0.305 e. The van der Waals surface area contributed by atoms with Crippen LogP contribution in [0.5, 0.6) is 0 Å². The van der Waals surface area contributed by atoms with Crippen LogP contribution in [0, 0.1) is 0 Å². The SMILES string of the molecule is CCCCNC(c1ccc(CCCC)cc1)c1csc(-c2ccccc2)n1. The van der Waals surface area contributed by atoms with Gasteiger partial charge in [-0.25, -0.2) is 4.98 Å². The molecule has 1 N–H and O–H groups in total. The molecule has 0 radical (unpaired) electrons. The molecule has 3 aromatic rings. The maximum absolute atomic E-state index is 4.96. The lowest BCUT2D eigenvalue weighted by atomic mass is 10.0. The van der Waals surface area contributed by atoms with Gasteiger partial charge in [0, 0.05) is 10.9 Å². The van der Waals surface area contributed by atoms with E-state index in [2.05, 4.69) is 73.1 Å². The molecule has 0 saturated carbocycles. The first kappa shape index (κ1) is 19.8. The molecular weight excluding hydrogens is 348 g/mol. The lowest BCUT2D eigenvalue weighted by Crippen LogP contribution is -2.23. The van der Waals surface area contributed by atoms with Crippen LogP contribution in [0.15, 0.2) is 60.0 Å². The lowest BCUT2D eigenvalue weighted by Gasteiger charge is -2.18. The first-order valence-electron chi connectivity index (χ1n) is 10.1. The van der Waals surface area contributed by atoms with Gasteiger partial charge in [-0.3, -0.25) is 0 Å². The molecule has 3 rings (SSSR count). The number of hydrogen-bond donors (Lipinski definition) is 1. The summed E-state index contributed by atoms with van der Waals surface area (Å²) in [5, 5.41) is 7.02. The molecule has 0 bridgehead atoms. The Bertz CT molecular complexity index is 793. The number of aromatic nitrogens is 1. The van der Waals surface area contributed by atoms with E-state index in [1.54, 1.807) is 11.3 Å². The quantitative estimate of drug-likeness (QED) is 0.400. The van der Waals surface area contributed by atoms with E-state index in [9.17, 15) is 0 Å². The highest BCUT2D eigenvalue weighted by molar-refractivity contribution is 7.13. The minimum Gasteiger partial charge on any atom is -0.305 e. The molecule has 27 heavy (non-hydrogen) atoms. The third-order valence-corrected chi connectivity index (χ3v) is 5.76. The molecule has 3 heteroatoms. The summed E-state index contributed by atoms with van der Waals surface area (Å²) in [4.78, 5) is 4.96. The predicted octanol–water partition coefficient (Wildman–Crippen LogP) is 6.63. The molecule has 142 valence electrons. The molecule has 0 spiro atoms. The number of benzene rings is 2. The standard InChI is InChI=1S/C24H30N2S/c1-3-5-10-19-13-15-20(16-14-19)23(25-17-6-4-2)22-18-27-24(26-22)21-11-8-7-9-12-21/h7-9,11-16,18,23,25H,3-6,10,17H2,1-2H3. The highest BCUT2D eigenvalue weighted by Crippen LogP contribution is 2.29. The Morgan fingerprint density at radius 3 is 2.37 bits per heavy atom. The Morgan fingerprint density at radius 2 is 1.67 bits per heavy atom. The van der Waals surface area contributed by atoms with E-state index in [0.717, 1.165) is 17.2 Å². The minimum absolute atomic E-state index is 0.158. The highest BCUT2D eigenvalue weighted by Gasteiger charge is 2.17. The van der Waals surface area contributed by atoms with Gasteiger partial charge in [0.05, 0.1) is 11.7 Å². The fourth-order valence-corrected chi connectivity index (χ4v) is 4.06. The van der Waals surface area contributed by atoms with Crippen molar-refractivity contribution in [2.75, 3.05) is 6.54 Å². The lowest BCUT2D eigenvalue weighted by molar-refractivity contribution is 0.571. The van der Waals surface area contributed by atoms with Crippen molar-refractivity contribution < 1.29 is 0 Å². The topological polar surface area (TPSA) is 24.9 Å². The molecule has 0 aliphatic rings. The average molecular weight is 379 g/mol. The Morgan fingerprint density at radius 1 is 0.926 bits per heavy atom. The van der Waals surface area contributed by atoms with Crippen molar-refractivity contribution in [2.24, 2.45) is 0 Å². The van der Waals surface area contributed by atoms with E-state index in [1.165, 1.54) is 48.8 Å². The molecule has 2 aromatic carbocycles. The number of rotatable bonds is 10. The summed E-state index contributed by atoms with van der Waals surface area (Å²) in [6, 6.07) is 19.7. The van der Waals surface area contributed by atoms with Crippen LogP contribution in [-0.2, 0) is 6.42 Å². The van der Waals surface area contributed by atoms with Crippen LogP contribution < -0.4 is 5.32 Å². The number of nitrogens with zero attached hydrogens (tertiary/aromatic N) is 1. The molecule has 0 amide bonds. The second-order valence-corrected chi connectivity index (χ2v) is 7.89. The predicted molar refractivity (Wildman–Crippen MR) is 117 cm³/mol. The van der Waals surface area contributed by atoms with Gasteiger partial charge in [-0.1, -0.05) is 81.3 Å². The van der Waals surface area contributed by atoms with Gasteiger partial charge in [-0.05, 0) is 36.9 Å². The summed E-state index contributed by atoms with van der Waals surface area (Å²) < 4.78 is 0. The number of hydrogen-bond acceptors (Lipinski definition) is 3. The van der Waals surface area contributed by atoms with E-state index >= 15 is 0 Å². The van der Waals surface area contributed by atoms with Gasteiger partial charge in [0.15, 0.2) is 0 Å². The fraction of sp³-hybridized carbons (Fsp3) is 0.375. The van der Waals surface area contributed by atoms with Gasteiger partial charge in [0.25, 0.3) is 0 Å². The third-order valence-electron chi connectivity index (χ3n) is 4.85. The van der Waals surface area contributed by atoms with Crippen LogP contribution in [-0.4, -0.2) is 11.5 Å². The number of aryl methyl sites for hydroxylation is 1. The Balaban J connectivity index is 1.82. The van der Waals surface area contributed by atoms with Crippen LogP contribution in [0.1, 0.15) is 62.4 Å². The van der Waals surface area contributed by atoms with E-state index in [0.29, 0.717) is 0 Å². The molecule has 2 nitrogen and oxygen atoms in total. The van der Waals surface area contributed by atoms with Crippen LogP contribution in [0.2, 0.25) is 0 Å². The van der Waals surface area contributed by atoms with Crippen LogP contribution in [0.3, 0.4) is 0 Å². The molecule has 1 atom stereocenters. The zero-order chi connectivity index (χ0) is 18.9. The van der Waals surface area contributed by atoms with Crippen molar-refractivity contribution in [3.63, 3.8) is 0 Å². The normalized spacial score (nSPS) is 12.2. The van der Waals surface area contributed by atoms with E-state index in [1.807, 2.05) is 6.07 Å².